The minimum absolute atomic E-state index is 0.0429. The predicted octanol–water partition coefficient (Wildman–Crippen LogP) is 4.87. The van der Waals surface area contributed by atoms with E-state index < -0.39 is 0 Å². The molecule has 0 aliphatic rings. The molecule has 23 heavy (non-hydrogen) atoms. The summed E-state index contributed by atoms with van der Waals surface area (Å²) in [6.07, 6.45) is 0.444. The van der Waals surface area contributed by atoms with Crippen LogP contribution in [0.5, 0.6) is 0 Å². The molecule has 0 atom stereocenters. The quantitative estimate of drug-likeness (QED) is 0.799. The summed E-state index contributed by atoms with van der Waals surface area (Å²) in [6.45, 7) is 9.00. The van der Waals surface area contributed by atoms with Crippen molar-refractivity contribution in [1.29, 1.82) is 0 Å². The van der Waals surface area contributed by atoms with E-state index in [4.69, 9.17) is 0 Å². The minimum atomic E-state index is 0.0429. The third kappa shape index (κ3) is 4.85. The van der Waals surface area contributed by atoms with Crippen LogP contribution in [0, 0.1) is 13.8 Å². The number of rotatable bonds is 6. The second-order valence-corrected chi connectivity index (χ2v) is 6.29. The smallest absolute Gasteiger partial charge is 0.226 e. The lowest BCUT2D eigenvalue weighted by Gasteiger charge is -2.16. The lowest BCUT2D eigenvalue weighted by Crippen LogP contribution is -2.18. The van der Waals surface area contributed by atoms with Crippen molar-refractivity contribution in [3.63, 3.8) is 0 Å². The average molecular weight is 310 g/mol. The second kappa shape index (κ2) is 7.82. The first-order chi connectivity index (χ1) is 11.0. The Bertz CT molecular complexity index is 677. The average Bonchev–Trinajstić information content (AvgIpc) is 2.49. The number of carbonyl (C=O) groups is 1. The fourth-order valence-corrected chi connectivity index (χ4v) is 2.62. The molecule has 3 nitrogen and oxygen atoms in total. The molecule has 0 saturated heterocycles. The Morgan fingerprint density at radius 1 is 1.09 bits per heavy atom. The van der Waals surface area contributed by atoms with Crippen molar-refractivity contribution >= 4 is 17.3 Å². The van der Waals surface area contributed by atoms with Crippen LogP contribution in [0.25, 0.3) is 0 Å². The zero-order chi connectivity index (χ0) is 16.8. The van der Waals surface area contributed by atoms with Crippen LogP contribution in [-0.4, -0.2) is 12.5 Å². The molecule has 0 aromatic heterocycles. The molecule has 0 spiro atoms. The summed E-state index contributed by atoms with van der Waals surface area (Å²) in [5.74, 6) is 0.428. The molecule has 0 fully saturated rings. The third-order valence-corrected chi connectivity index (χ3v) is 3.89. The molecule has 0 aliphatic heterocycles. The van der Waals surface area contributed by atoms with Gasteiger partial charge in [0.25, 0.3) is 0 Å². The Kier molecular flexibility index (Phi) is 5.80. The van der Waals surface area contributed by atoms with Crippen molar-refractivity contribution in [2.24, 2.45) is 0 Å². The summed E-state index contributed by atoms with van der Waals surface area (Å²) in [4.78, 5) is 12.2. The van der Waals surface area contributed by atoms with Gasteiger partial charge in [-0.3, -0.25) is 4.79 Å². The zero-order valence-electron chi connectivity index (χ0n) is 14.4. The molecule has 0 bridgehead atoms. The molecular formula is C20H26N2O. The van der Waals surface area contributed by atoms with Gasteiger partial charge in [-0.25, -0.2) is 0 Å². The van der Waals surface area contributed by atoms with E-state index in [2.05, 4.69) is 49.6 Å². The number of aryl methyl sites for hydroxylation is 2. The molecule has 0 aliphatic carbocycles. The Balaban J connectivity index is 1.93. The molecule has 1 amide bonds. The van der Waals surface area contributed by atoms with Crippen molar-refractivity contribution in [3.8, 4) is 0 Å². The maximum atomic E-state index is 12.2. The standard InChI is InChI=1S/C20H26N2O/c1-14(2)18-10-6-8-16(4)20(18)22-19(23)11-12-21-17-9-5-7-15(3)13-17/h5-10,13-14,21H,11-12H2,1-4H3,(H,22,23). The first kappa shape index (κ1) is 17.1. The highest BCUT2D eigenvalue weighted by molar-refractivity contribution is 5.92. The van der Waals surface area contributed by atoms with Crippen molar-refractivity contribution in [3.05, 3.63) is 59.2 Å². The fraction of sp³-hybridized carbons (Fsp3) is 0.350. The molecule has 0 saturated carbocycles. The summed E-state index contributed by atoms with van der Waals surface area (Å²) >= 11 is 0. The molecule has 2 aromatic carbocycles. The third-order valence-electron chi connectivity index (χ3n) is 3.89. The van der Waals surface area contributed by atoms with Gasteiger partial charge in [-0.1, -0.05) is 44.2 Å². The van der Waals surface area contributed by atoms with E-state index in [0.29, 0.717) is 18.9 Å². The van der Waals surface area contributed by atoms with E-state index in [1.54, 1.807) is 0 Å². The first-order valence-electron chi connectivity index (χ1n) is 8.17. The highest BCUT2D eigenvalue weighted by Crippen LogP contribution is 2.27. The molecule has 2 rings (SSSR count). The maximum Gasteiger partial charge on any atom is 0.226 e. The van der Waals surface area contributed by atoms with Gasteiger partial charge in [0.15, 0.2) is 0 Å². The van der Waals surface area contributed by atoms with Gasteiger partial charge < -0.3 is 10.6 Å². The van der Waals surface area contributed by atoms with Crippen LogP contribution in [0.4, 0.5) is 11.4 Å². The first-order valence-corrected chi connectivity index (χ1v) is 8.17. The topological polar surface area (TPSA) is 41.1 Å². The minimum Gasteiger partial charge on any atom is -0.385 e. The van der Waals surface area contributed by atoms with Crippen LogP contribution in [0.15, 0.2) is 42.5 Å². The summed E-state index contributed by atoms with van der Waals surface area (Å²) in [5, 5.41) is 6.37. The van der Waals surface area contributed by atoms with Gasteiger partial charge in [0.1, 0.15) is 0 Å². The van der Waals surface area contributed by atoms with Crippen LogP contribution >= 0.6 is 0 Å². The Labute approximate surface area is 139 Å². The normalized spacial score (nSPS) is 10.7. The molecule has 2 aromatic rings. The molecule has 122 valence electrons. The van der Waals surface area contributed by atoms with Crippen LogP contribution in [-0.2, 0) is 4.79 Å². The molecule has 2 N–H and O–H groups in total. The maximum absolute atomic E-state index is 12.2. The van der Waals surface area contributed by atoms with E-state index >= 15 is 0 Å². The number of nitrogens with one attached hydrogen (secondary N) is 2. The number of para-hydroxylation sites is 1. The fourth-order valence-electron chi connectivity index (χ4n) is 2.62. The molecule has 0 unspecified atom stereocenters. The second-order valence-electron chi connectivity index (χ2n) is 6.29. The number of hydrogen-bond acceptors (Lipinski definition) is 2. The van der Waals surface area contributed by atoms with Gasteiger partial charge in [-0.15, -0.1) is 0 Å². The van der Waals surface area contributed by atoms with Crippen molar-refractivity contribution in [1.82, 2.24) is 0 Å². The van der Waals surface area contributed by atoms with Crippen molar-refractivity contribution in [2.75, 3.05) is 17.2 Å². The van der Waals surface area contributed by atoms with E-state index in [-0.39, 0.29) is 5.91 Å². The summed E-state index contributed by atoms with van der Waals surface area (Å²) in [7, 11) is 0. The number of amides is 1. The molecular weight excluding hydrogens is 284 g/mol. The van der Waals surface area contributed by atoms with Gasteiger partial charge in [-0.05, 0) is 48.6 Å². The largest absolute Gasteiger partial charge is 0.385 e. The number of carbonyl (C=O) groups excluding carboxylic acids is 1. The number of hydrogen-bond donors (Lipinski definition) is 2. The Morgan fingerprint density at radius 2 is 1.83 bits per heavy atom. The van der Waals surface area contributed by atoms with E-state index in [1.165, 1.54) is 11.1 Å². The molecule has 0 heterocycles. The number of anilines is 2. The van der Waals surface area contributed by atoms with Crippen LogP contribution in [0.3, 0.4) is 0 Å². The Morgan fingerprint density at radius 3 is 2.52 bits per heavy atom. The van der Waals surface area contributed by atoms with Gasteiger partial charge >= 0.3 is 0 Å². The summed E-state index contributed by atoms with van der Waals surface area (Å²) in [6, 6.07) is 14.3. The molecule has 0 radical (unpaired) electrons. The number of benzene rings is 2. The Hall–Kier alpha value is -2.29. The molecule has 3 heteroatoms. The van der Waals surface area contributed by atoms with Gasteiger partial charge in [0.05, 0.1) is 0 Å². The SMILES string of the molecule is Cc1cccc(NCCC(=O)Nc2c(C)cccc2C(C)C)c1. The monoisotopic (exact) mass is 310 g/mol. The summed E-state index contributed by atoms with van der Waals surface area (Å²) in [5.41, 5.74) is 5.52. The lowest BCUT2D eigenvalue weighted by molar-refractivity contribution is -0.115. The van der Waals surface area contributed by atoms with Gasteiger partial charge in [0.2, 0.25) is 5.91 Å². The van der Waals surface area contributed by atoms with Gasteiger partial charge in [0, 0.05) is 24.3 Å². The van der Waals surface area contributed by atoms with E-state index in [9.17, 15) is 4.79 Å². The van der Waals surface area contributed by atoms with Crippen LogP contribution < -0.4 is 10.6 Å². The highest BCUT2D eigenvalue weighted by Gasteiger charge is 2.11. The van der Waals surface area contributed by atoms with Gasteiger partial charge in [-0.2, -0.15) is 0 Å². The lowest BCUT2D eigenvalue weighted by atomic mass is 9.98. The van der Waals surface area contributed by atoms with Crippen LogP contribution in [0.1, 0.15) is 42.9 Å². The van der Waals surface area contributed by atoms with Crippen LogP contribution in [0.2, 0.25) is 0 Å². The van der Waals surface area contributed by atoms with Crippen molar-refractivity contribution < 1.29 is 4.79 Å². The highest BCUT2D eigenvalue weighted by atomic mass is 16.1. The van der Waals surface area contributed by atoms with E-state index in [0.717, 1.165) is 16.9 Å². The predicted molar refractivity (Wildman–Crippen MR) is 98.2 cm³/mol. The zero-order valence-corrected chi connectivity index (χ0v) is 14.4. The van der Waals surface area contributed by atoms with E-state index in [1.807, 2.05) is 31.2 Å². The summed E-state index contributed by atoms with van der Waals surface area (Å²) < 4.78 is 0. The van der Waals surface area contributed by atoms with Crippen molar-refractivity contribution in [2.45, 2.75) is 40.0 Å².